The Morgan fingerprint density at radius 1 is 1.18 bits per heavy atom. The summed E-state index contributed by atoms with van der Waals surface area (Å²) in [6, 6.07) is 10.6. The molecule has 0 saturated carbocycles. The summed E-state index contributed by atoms with van der Waals surface area (Å²) in [7, 11) is 0. The van der Waals surface area contributed by atoms with Crippen LogP contribution in [0.1, 0.15) is 5.56 Å². The molecule has 2 aromatic rings. The Labute approximate surface area is 174 Å². The zero-order valence-electron chi connectivity index (χ0n) is 14.4. The summed E-state index contributed by atoms with van der Waals surface area (Å²) >= 11 is 9.49. The molecule has 2 aromatic carbocycles. The zero-order valence-corrected chi connectivity index (χ0v) is 16.8. The number of ether oxygens (including phenoxy) is 1. The molecule has 0 aromatic heterocycles. The van der Waals surface area contributed by atoms with Crippen molar-refractivity contribution in [3.63, 3.8) is 0 Å². The van der Waals surface area contributed by atoms with E-state index in [0.29, 0.717) is 22.4 Å². The van der Waals surface area contributed by atoms with Crippen molar-refractivity contribution in [2.24, 2.45) is 0 Å². The molecule has 4 amide bonds. The minimum Gasteiger partial charge on any atom is -0.488 e. The van der Waals surface area contributed by atoms with Gasteiger partial charge in [0.05, 0.1) is 15.2 Å². The van der Waals surface area contributed by atoms with Crippen LogP contribution in [-0.4, -0.2) is 24.5 Å². The third-order valence-electron chi connectivity index (χ3n) is 3.82. The number of urea groups is 1. The number of anilines is 1. The molecule has 142 valence electrons. The van der Waals surface area contributed by atoms with Crippen LogP contribution in [0.5, 0.6) is 5.75 Å². The van der Waals surface area contributed by atoms with Crippen molar-refractivity contribution < 1.29 is 19.1 Å². The first-order valence-electron chi connectivity index (χ1n) is 8.11. The van der Waals surface area contributed by atoms with Gasteiger partial charge in [-0.25, -0.2) is 9.69 Å². The second-order valence-corrected chi connectivity index (χ2v) is 6.96. The molecule has 0 atom stereocenters. The van der Waals surface area contributed by atoms with Crippen LogP contribution in [0.3, 0.4) is 0 Å². The number of hydrogen-bond acceptors (Lipinski definition) is 4. The number of halogens is 2. The standard InChI is InChI=1S/C20H14BrClN2O4/c1-2-9-28-17-8-7-12(11-14(17)21)10-13-18(25)23-20(27)24(19(13)26)16-6-4-3-5-15(16)22/h2-8,10-11H,1,9H2,(H,23,25,27)/b13-10+. The predicted molar refractivity (Wildman–Crippen MR) is 110 cm³/mol. The second kappa shape index (κ2) is 8.41. The topological polar surface area (TPSA) is 75.7 Å². The number of benzene rings is 2. The van der Waals surface area contributed by atoms with Gasteiger partial charge in [-0.1, -0.05) is 42.5 Å². The minimum absolute atomic E-state index is 0.189. The van der Waals surface area contributed by atoms with Crippen LogP contribution in [0.25, 0.3) is 6.08 Å². The molecular formula is C20H14BrClN2O4. The molecule has 0 spiro atoms. The molecule has 0 radical (unpaired) electrons. The third kappa shape index (κ3) is 4.00. The Kier molecular flexibility index (Phi) is 5.96. The van der Waals surface area contributed by atoms with Crippen LogP contribution in [-0.2, 0) is 9.59 Å². The fourth-order valence-electron chi connectivity index (χ4n) is 2.55. The molecule has 0 bridgehead atoms. The lowest BCUT2D eigenvalue weighted by molar-refractivity contribution is -0.122. The predicted octanol–water partition coefficient (Wildman–Crippen LogP) is 4.33. The van der Waals surface area contributed by atoms with Crippen LogP contribution in [0.2, 0.25) is 5.02 Å². The van der Waals surface area contributed by atoms with Crippen molar-refractivity contribution in [1.29, 1.82) is 0 Å². The first-order valence-corrected chi connectivity index (χ1v) is 9.28. The molecule has 6 nitrogen and oxygen atoms in total. The fraction of sp³-hybridized carbons (Fsp3) is 0.0500. The van der Waals surface area contributed by atoms with Crippen molar-refractivity contribution >= 4 is 57.1 Å². The molecule has 8 heteroatoms. The summed E-state index contributed by atoms with van der Waals surface area (Å²) in [5.41, 5.74) is 0.579. The first-order chi connectivity index (χ1) is 13.4. The van der Waals surface area contributed by atoms with Crippen molar-refractivity contribution in [2.75, 3.05) is 11.5 Å². The highest BCUT2D eigenvalue weighted by molar-refractivity contribution is 9.10. The first kappa shape index (κ1) is 19.9. The summed E-state index contributed by atoms with van der Waals surface area (Å²) in [5.74, 6) is -0.944. The van der Waals surface area contributed by atoms with E-state index in [2.05, 4.69) is 27.8 Å². The lowest BCUT2D eigenvalue weighted by Gasteiger charge is -2.27. The Hall–Kier alpha value is -2.90. The van der Waals surface area contributed by atoms with Crippen molar-refractivity contribution in [3.8, 4) is 5.75 Å². The van der Waals surface area contributed by atoms with Crippen LogP contribution < -0.4 is 15.0 Å². The third-order valence-corrected chi connectivity index (χ3v) is 4.76. The Morgan fingerprint density at radius 2 is 1.93 bits per heavy atom. The average molecular weight is 462 g/mol. The number of carbonyl (C=O) groups excluding carboxylic acids is 3. The quantitative estimate of drug-likeness (QED) is 0.408. The summed E-state index contributed by atoms with van der Waals surface area (Å²) in [6.45, 7) is 3.93. The van der Waals surface area contributed by atoms with Gasteiger partial charge in [0.1, 0.15) is 17.9 Å². The maximum absolute atomic E-state index is 12.9. The molecule has 28 heavy (non-hydrogen) atoms. The minimum atomic E-state index is -0.852. The van der Waals surface area contributed by atoms with Gasteiger partial charge < -0.3 is 4.74 Å². The van der Waals surface area contributed by atoms with Gasteiger partial charge in [0, 0.05) is 0 Å². The van der Waals surface area contributed by atoms with Crippen LogP contribution in [0, 0.1) is 0 Å². The average Bonchev–Trinajstić information content (AvgIpc) is 2.66. The number of nitrogens with one attached hydrogen (secondary N) is 1. The van der Waals surface area contributed by atoms with E-state index in [1.165, 1.54) is 12.1 Å². The van der Waals surface area contributed by atoms with Crippen LogP contribution in [0.4, 0.5) is 10.5 Å². The molecule has 1 N–H and O–H groups in total. The van der Waals surface area contributed by atoms with Gasteiger partial charge in [-0.05, 0) is 51.8 Å². The molecular weight excluding hydrogens is 448 g/mol. The number of carbonyl (C=O) groups is 3. The Bertz CT molecular complexity index is 1020. The molecule has 0 unspecified atom stereocenters. The van der Waals surface area contributed by atoms with Gasteiger partial charge in [0.25, 0.3) is 11.8 Å². The van der Waals surface area contributed by atoms with E-state index in [-0.39, 0.29) is 16.3 Å². The van der Waals surface area contributed by atoms with E-state index >= 15 is 0 Å². The highest BCUT2D eigenvalue weighted by Gasteiger charge is 2.37. The Balaban J connectivity index is 1.96. The number of hydrogen-bond donors (Lipinski definition) is 1. The highest BCUT2D eigenvalue weighted by atomic mass is 79.9. The number of amides is 4. The van der Waals surface area contributed by atoms with E-state index < -0.39 is 17.8 Å². The van der Waals surface area contributed by atoms with E-state index in [1.807, 2.05) is 0 Å². The van der Waals surface area contributed by atoms with Gasteiger partial charge in [-0.3, -0.25) is 14.9 Å². The largest absolute Gasteiger partial charge is 0.488 e. The van der Waals surface area contributed by atoms with Crippen LogP contribution in [0.15, 0.2) is 65.2 Å². The number of para-hydroxylation sites is 1. The van der Waals surface area contributed by atoms with Crippen molar-refractivity contribution in [3.05, 3.63) is 75.8 Å². The van der Waals surface area contributed by atoms with Crippen molar-refractivity contribution in [1.82, 2.24) is 5.32 Å². The van der Waals surface area contributed by atoms with Crippen LogP contribution >= 0.6 is 27.5 Å². The maximum atomic E-state index is 12.9. The van der Waals surface area contributed by atoms with Gasteiger partial charge in [-0.2, -0.15) is 0 Å². The summed E-state index contributed by atoms with van der Waals surface area (Å²) in [5, 5.41) is 2.38. The zero-order chi connectivity index (χ0) is 20.3. The number of rotatable bonds is 5. The fourth-order valence-corrected chi connectivity index (χ4v) is 3.28. The number of imide groups is 2. The molecule has 1 heterocycles. The molecule has 1 fully saturated rings. The van der Waals surface area contributed by atoms with E-state index in [0.717, 1.165) is 4.90 Å². The summed E-state index contributed by atoms with van der Waals surface area (Å²) < 4.78 is 6.12. The summed E-state index contributed by atoms with van der Waals surface area (Å²) in [6.07, 6.45) is 3.02. The van der Waals surface area contributed by atoms with Gasteiger partial charge >= 0.3 is 6.03 Å². The Morgan fingerprint density at radius 3 is 2.61 bits per heavy atom. The lowest BCUT2D eigenvalue weighted by atomic mass is 10.1. The normalized spacial score (nSPS) is 15.6. The number of nitrogens with zero attached hydrogens (tertiary/aromatic N) is 1. The van der Waals surface area contributed by atoms with Gasteiger partial charge in [0.2, 0.25) is 0 Å². The monoisotopic (exact) mass is 460 g/mol. The van der Waals surface area contributed by atoms with Crippen molar-refractivity contribution in [2.45, 2.75) is 0 Å². The smallest absolute Gasteiger partial charge is 0.335 e. The van der Waals surface area contributed by atoms with E-state index in [1.54, 1.807) is 42.5 Å². The molecule has 1 aliphatic rings. The molecule has 1 aliphatic heterocycles. The number of barbiturate groups is 1. The molecule has 1 saturated heterocycles. The molecule has 3 rings (SSSR count). The second-order valence-electron chi connectivity index (χ2n) is 5.70. The molecule has 0 aliphatic carbocycles. The maximum Gasteiger partial charge on any atom is 0.335 e. The van der Waals surface area contributed by atoms with Gasteiger partial charge in [0.15, 0.2) is 0 Å². The van der Waals surface area contributed by atoms with Gasteiger partial charge in [-0.15, -0.1) is 0 Å². The SMILES string of the molecule is C=CCOc1ccc(/C=C2\C(=O)NC(=O)N(c3ccccc3Cl)C2=O)cc1Br. The van der Waals surface area contributed by atoms with E-state index in [4.69, 9.17) is 16.3 Å². The van der Waals surface area contributed by atoms with E-state index in [9.17, 15) is 14.4 Å². The highest BCUT2D eigenvalue weighted by Crippen LogP contribution is 2.30. The summed E-state index contributed by atoms with van der Waals surface area (Å²) in [4.78, 5) is 38.2. The lowest BCUT2D eigenvalue weighted by Crippen LogP contribution is -2.54.